The summed E-state index contributed by atoms with van der Waals surface area (Å²) >= 11 is 0. The Labute approximate surface area is 120 Å². The molecule has 0 aromatic rings. The van der Waals surface area contributed by atoms with Gasteiger partial charge in [0.15, 0.2) is 0 Å². The lowest BCUT2D eigenvalue weighted by molar-refractivity contribution is 0.0772. The zero-order valence-electron chi connectivity index (χ0n) is 13.3. The highest BCUT2D eigenvalue weighted by atomic mass is 15.1. The molecule has 2 fully saturated rings. The van der Waals surface area contributed by atoms with Crippen LogP contribution in [0.1, 0.15) is 52.9 Å². The molecule has 2 nitrogen and oxygen atoms in total. The zero-order valence-corrected chi connectivity index (χ0v) is 13.3. The molecule has 19 heavy (non-hydrogen) atoms. The van der Waals surface area contributed by atoms with E-state index in [0.29, 0.717) is 0 Å². The number of nitrogens with one attached hydrogen (secondary N) is 1. The molecule has 0 bridgehead atoms. The highest BCUT2D eigenvalue weighted by Gasteiger charge is 2.31. The van der Waals surface area contributed by atoms with Gasteiger partial charge in [-0.2, -0.15) is 0 Å². The Hall–Kier alpha value is -0.0800. The van der Waals surface area contributed by atoms with E-state index >= 15 is 0 Å². The molecule has 1 saturated heterocycles. The third kappa shape index (κ3) is 5.07. The highest BCUT2D eigenvalue weighted by Crippen LogP contribution is 2.36. The first-order chi connectivity index (χ1) is 9.15. The molecule has 0 spiro atoms. The molecule has 2 rings (SSSR count). The van der Waals surface area contributed by atoms with E-state index in [-0.39, 0.29) is 0 Å². The second-order valence-electron chi connectivity index (χ2n) is 7.51. The lowest BCUT2D eigenvalue weighted by Crippen LogP contribution is -2.44. The topological polar surface area (TPSA) is 15.3 Å². The van der Waals surface area contributed by atoms with Gasteiger partial charge in [0.25, 0.3) is 0 Å². The lowest BCUT2D eigenvalue weighted by atomic mass is 9.75. The molecule has 1 aliphatic carbocycles. The Kier molecular flexibility index (Phi) is 6.15. The quantitative estimate of drug-likeness (QED) is 0.793. The zero-order chi connectivity index (χ0) is 13.7. The van der Waals surface area contributed by atoms with Gasteiger partial charge >= 0.3 is 0 Å². The van der Waals surface area contributed by atoms with Crippen LogP contribution in [0.5, 0.6) is 0 Å². The molecule has 3 atom stereocenters. The van der Waals surface area contributed by atoms with Crippen LogP contribution in [0.4, 0.5) is 0 Å². The van der Waals surface area contributed by atoms with Crippen LogP contribution in [0.15, 0.2) is 0 Å². The fraction of sp³-hybridized carbons (Fsp3) is 1.00. The molecular weight excluding hydrogens is 232 g/mol. The van der Waals surface area contributed by atoms with Crippen LogP contribution < -0.4 is 5.32 Å². The van der Waals surface area contributed by atoms with Crippen LogP contribution in [0, 0.1) is 23.7 Å². The summed E-state index contributed by atoms with van der Waals surface area (Å²) in [6.07, 6.45) is 7.47. The Morgan fingerprint density at radius 2 is 1.74 bits per heavy atom. The van der Waals surface area contributed by atoms with Crippen LogP contribution in [0.3, 0.4) is 0 Å². The van der Waals surface area contributed by atoms with Gasteiger partial charge in [0, 0.05) is 13.1 Å². The molecule has 2 aliphatic rings. The number of piperidine rings is 1. The third-order valence-electron chi connectivity index (χ3n) is 4.99. The Balaban J connectivity index is 1.65. The first-order valence-electron chi connectivity index (χ1n) is 8.58. The first kappa shape index (κ1) is 15.3. The molecule has 0 radical (unpaired) electrons. The molecule has 0 aromatic heterocycles. The van der Waals surface area contributed by atoms with E-state index in [0.717, 1.165) is 30.2 Å². The number of rotatable bonds is 6. The van der Waals surface area contributed by atoms with E-state index < -0.39 is 0 Å². The minimum Gasteiger partial charge on any atom is -0.316 e. The SMILES string of the molecule is CC(C)CNCC(C)CN1CCC2CCCCC2C1. The van der Waals surface area contributed by atoms with Crippen molar-refractivity contribution in [1.82, 2.24) is 10.2 Å². The largest absolute Gasteiger partial charge is 0.316 e. The predicted octanol–water partition coefficient (Wildman–Crippen LogP) is 3.38. The number of hydrogen-bond donors (Lipinski definition) is 1. The van der Waals surface area contributed by atoms with Crippen LogP contribution in [0.25, 0.3) is 0 Å². The van der Waals surface area contributed by atoms with Crippen molar-refractivity contribution in [3.05, 3.63) is 0 Å². The van der Waals surface area contributed by atoms with E-state index in [1.807, 2.05) is 0 Å². The van der Waals surface area contributed by atoms with Gasteiger partial charge in [0.1, 0.15) is 0 Å². The minimum atomic E-state index is 0.769. The summed E-state index contributed by atoms with van der Waals surface area (Å²) in [7, 11) is 0. The van der Waals surface area contributed by atoms with Crippen molar-refractivity contribution in [2.75, 3.05) is 32.7 Å². The van der Waals surface area contributed by atoms with Gasteiger partial charge in [-0.05, 0) is 56.1 Å². The second-order valence-corrected chi connectivity index (χ2v) is 7.51. The van der Waals surface area contributed by atoms with Crippen molar-refractivity contribution in [2.24, 2.45) is 23.7 Å². The molecule has 1 aliphatic heterocycles. The van der Waals surface area contributed by atoms with Gasteiger partial charge < -0.3 is 10.2 Å². The maximum absolute atomic E-state index is 3.60. The molecule has 1 heterocycles. The number of likely N-dealkylation sites (tertiary alicyclic amines) is 1. The van der Waals surface area contributed by atoms with E-state index in [2.05, 4.69) is 31.0 Å². The Morgan fingerprint density at radius 1 is 1.00 bits per heavy atom. The maximum Gasteiger partial charge on any atom is 0.00193 e. The molecule has 112 valence electrons. The van der Waals surface area contributed by atoms with Crippen molar-refractivity contribution in [3.63, 3.8) is 0 Å². The van der Waals surface area contributed by atoms with E-state index in [4.69, 9.17) is 0 Å². The minimum absolute atomic E-state index is 0.769. The van der Waals surface area contributed by atoms with E-state index in [1.54, 1.807) is 0 Å². The summed E-state index contributed by atoms with van der Waals surface area (Å²) in [6, 6.07) is 0. The van der Waals surface area contributed by atoms with Gasteiger partial charge in [-0.15, -0.1) is 0 Å². The van der Waals surface area contributed by atoms with Crippen molar-refractivity contribution >= 4 is 0 Å². The Bertz CT molecular complexity index is 252. The molecule has 1 saturated carbocycles. The summed E-state index contributed by atoms with van der Waals surface area (Å²) in [5.74, 6) is 3.65. The molecule has 0 amide bonds. The standard InChI is InChI=1S/C17H34N2/c1-14(2)10-18-11-15(3)12-19-9-8-16-6-4-5-7-17(16)13-19/h14-18H,4-13H2,1-3H3. The average Bonchev–Trinajstić information content (AvgIpc) is 2.38. The average molecular weight is 266 g/mol. The van der Waals surface area contributed by atoms with Gasteiger partial charge in [-0.25, -0.2) is 0 Å². The maximum atomic E-state index is 3.60. The molecule has 2 heteroatoms. The van der Waals surface area contributed by atoms with Crippen molar-refractivity contribution in [2.45, 2.75) is 52.9 Å². The number of nitrogens with zero attached hydrogens (tertiary/aromatic N) is 1. The third-order valence-corrected chi connectivity index (χ3v) is 4.99. The second kappa shape index (κ2) is 7.64. The van der Waals surface area contributed by atoms with Crippen LogP contribution in [0.2, 0.25) is 0 Å². The van der Waals surface area contributed by atoms with Gasteiger partial charge in [0.2, 0.25) is 0 Å². The summed E-state index contributed by atoms with van der Waals surface area (Å²) in [5, 5.41) is 3.60. The summed E-state index contributed by atoms with van der Waals surface area (Å²) in [4.78, 5) is 2.74. The van der Waals surface area contributed by atoms with Crippen molar-refractivity contribution < 1.29 is 0 Å². The molecule has 3 unspecified atom stereocenters. The molecule has 0 aromatic carbocycles. The smallest absolute Gasteiger partial charge is 0.00193 e. The fourth-order valence-corrected chi connectivity index (χ4v) is 3.97. The fourth-order valence-electron chi connectivity index (χ4n) is 3.97. The number of hydrogen-bond acceptors (Lipinski definition) is 2. The molecular formula is C17H34N2. The van der Waals surface area contributed by atoms with Crippen molar-refractivity contribution in [1.29, 1.82) is 0 Å². The summed E-state index contributed by atoms with van der Waals surface area (Å²) < 4.78 is 0. The van der Waals surface area contributed by atoms with E-state index in [1.165, 1.54) is 58.3 Å². The number of fused-ring (bicyclic) bond motifs is 1. The van der Waals surface area contributed by atoms with Gasteiger partial charge in [0.05, 0.1) is 0 Å². The van der Waals surface area contributed by atoms with Crippen molar-refractivity contribution in [3.8, 4) is 0 Å². The highest BCUT2D eigenvalue weighted by molar-refractivity contribution is 4.84. The Morgan fingerprint density at radius 3 is 2.47 bits per heavy atom. The summed E-state index contributed by atoms with van der Waals surface area (Å²) in [5.41, 5.74) is 0. The normalized spacial score (nSPS) is 30.3. The predicted molar refractivity (Wildman–Crippen MR) is 83.4 cm³/mol. The first-order valence-corrected chi connectivity index (χ1v) is 8.58. The van der Waals surface area contributed by atoms with Gasteiger partial charge in [-0.1, -0.05) is 40.0 Å². The van der Waals surface area contributed by atoms with Gasteiger partial charge in [-0.3, -0.25) is 0 Å². The van der Waals surface area contributed by atoms with Crippen LogP contribution in [-0.4, -0.2) is 37.6 Å². The monoisotopic (exact) mass is 266 g/mol. The molecule has 1 N–H and O–H groups in total. The van der Waals surface area contributed by atoms with E-state index in [9.17, 15) is 0 Å². The van der Waals surface area contributed by atoms with Crippen LogP contribution in [-0.2, 0) is 0 Å². The van der Waals surface area contributed by atoms with Crippen LogP contribution >= 0.6 is 0 Å². The lowest BCUT2D eigenvalue weighted by Gasteiger charge is -2.42. The summed E-state index contributed by atoms with van der Waals surface area (Å²) in [6.45, 7) is 13.4.